The summed E-state index contributed by atoms with van der Waals surface area (Å²) in [5, 5.41) is 8.64. The monoisotopic (exact) mass is 264 g/mol. The highest BCUT2D eigenvalue weighted by Crippen LogP contribution is 2.41. The highest BCUT2D eigenvalue weighted by atomic mass is 19.1. The second kappa shape index (κ2) is 4.58. The number of nitrogens with one attached hydrogen (secondary N) is 1. The Balaban J connectivity index is 2.03. The first-order valence-corrected chi connectivity index (χ1v) is 6.61. The lowest BCUT2D eigenvalue weighted by atomic mass is 9.89. The molecule has 2 aliphatic rings. The molecule has 0 saturated carbocycles. The minimum atomic E-state index is -0.663. The number of amides is 1. The van der Waals surface area contributed by atoms with Crippen molar-refractivity contribution in [3.63, 3.8) is 0 Å². The lowest BCUT2D eigenvalue weighted by Crippen LogP contribution is -2.32. The maximum atomic E-state index is 14.3. The summed E-state index contributed by atoms with van der Waals surface area (Å²) >= 11 is 0. The van der Waals surface area contributed by atoms with E-state index in [1.807, 2.05) is 0 Å². The molecule has 1 fully saturated rings. The van der Waals surface area contributed by atoms with Crippen LogP contribution in [-0.2, 0) is 6.42 Å². The van der Waals surface area contributed by atoms with Gasteiger partial charge in [-0.1, -0.05) is 6.92 Å². The van der Waals surface area contributed by atoms with Crippen molar-refractivity contribution in [1.29, 1.82) is 0 Å². The molecule has 4 nitrogen and oxygen atoms in total. The van der Waals surface area contributed by atoms with Crippen LogP contribution in [0, 0.1) is 11.7 Å². The smallest absolute Gasteiger partial charge is 0.274 e. The van der Waals surface area contributed by atoms with Crippen LogP contribution in [0.1, 0.15) is 40.9 Å². The summed E-state index contributed by atoms with van der Waals surface area (Å²) in [5.74, 6) is -0.417. The fraction of sp³-hybridized carbons (Fsp3) is 0.500. The van der Waals surface area contributed by atoms with Crippen LogP contribution >= 0.6 is 0 Å². The van der Waals surface area contributed by atoms with E-state index in [2.05, 4.69) is 11.8 Å². The van der Waals surface area contributed by atoms with Crippen LogP contribution in [0.5, 0.6) is 0 Å². The third kappa shape index (κ3) is 2.03. The number of carbonyl (C=O) groups is 1. The van der Waals surface area contributed by atoms with E-state index in [1.165, 1.54) is 6.07 Å². The Morgan fingerprint density at radius 1 is 1.53 bits per heavy atom. The molecule has 2 atom stereocenters. The predicted molar refractivity (Wildman–Crippen MR) is 67.5 cm³/mol. The molecule has 1 amide bonds. The van der Waals surface area contributed by atoms with Crippen molar-refractivity contribution in [2.45, 2.75) is 25.8 Å². The van der Waals surface area contributed by atoms with Crippen molar-refractivity contribution >= 4 is 5.91 Å². The van der Waals surface area contributed by atoms with Gasteiger partial charge in [0.25, 0.3) is 5.91 Å². The fourth-order valence-electron chi connectivity index (χ4n) is 3.39. The van der Waals surface area contributed by atoms with E-state index >= 15 is 0 Å². The molecule has 2 aliphatic heterocycles. The van der Waals surface area contributed by atoms with Crippen LogP contribution in [0.25, 0.3) is 0 Å². The van der Waals surface area contributed by atoms with E-state index in [9.17, 15) is 9.18 Å². The largest absolute Gasteiger partial charge is 0.296 e. The van der Waals surface area contributed by atoms with Gasteiger partial charge in [0, 0.05) is 30.3 Å². The molecule has 1 aromatic carbocycles. The molecule has 0 bridgehead atoms. The number of halogens is 1. The van der Waals surface area contributed by atoms with Crippen molar-refractivity contribution in [3.8, 4) is 0 Å². The third-order valence-electron chi connectivity index (χ3n) is 4.19. The minimum Gasteiger partial charge on any atom is -0.296 e. The molecule has 0 radical (unpaired) electrons. The molecular formula is C14H17FN2O2. The van der Waals surface area contributed by atoms with Gasteiger partial charge in [0.15, 0.2) is 0 Å². The summed E-state index contributed by atoms with van der Waals surface area (Å²) in [6.45, 7) is 4.11. The second-order valence-electron chi connectivity index (χ2n) is 5.57. The van der Waals surface area contributed by atoms with Crippen molar-refractivity contribution in [2.75, 3.05) is 13.1 Å². The highest BCUT2D eigenvalue weighted by molar-refractivity contribution is 5.93. The summed E-state index contributed by atoms with van der Waals surface area (Å²) in [6.07, 6.45) is 1.72. The van der Waals surface area contributed by atoms with Gasteiger partial charge in [-0.25, -0.2) is 9.87 Å². The Labute approximate surface area is 111 Å². The molecule has 5 heteroatoms. The summed E-state index contributed by atoms with van der Waals surface area (Å²) < 4.78 is 14.3. The van der Waals surface area contributed by atoms with E-state index in [0.29, 0.717) is 5.92 Å². The molecule has 2 N–H and O–H groups in total. The Morgan fingerprint density at radius 2 is 2.32 bits per heavy atom. The number of carbonyl (C=O) groups excluding carboxylic acids is 1. The number of hydrogen-bond acceptors (Lipinski definition) is 3. The molecule has 1 aromatic rings. The van der Waals surface area contributed by atoms with Gasteiger partial charge in [0.2, 0.25) is 0 Å². The van der Waals surface area contributed by atoms with Gasteiger partial charge in [0.05, 0.1) is 0 Å². The van der Waals surface area contributed by atoms with Gasteiger partial charge >= 0.3 is 0 Å². The zero-order chi connectivity index (χ0) is 13.6. The van der Waals surface area contributed by atoms with Gasteiger partial charge < -0.3 is 0 Å². The number of hydrogen-bond donors (Lipinski definition) is 2. The van der Waals surface area contributed by atoms with Crippen molar-refractivity contribution in [2.24, 2.45) is 5.92 Å². The molecule has 0 unspecified atom stereocenters. The van der Waals surface area contributed by atoms with Gasteiger partial charge in [-0.15, -0.1) is 0 Å². The van der Waals surface area contributed by atoms with Crippen LogP contribution in [0.2, 0.25) is 0 Å². The molecule has 19 heavy (non-hydrogen) atoms. The standard InChI is InChI=1S/C14H17FN2O2/c1-8-4-12-13-9(2-3-17(12)7-8)5-10(6-11(13)15)14(18)16-19/h5-6,8,12,19H,2-4,7H2,1H3,(H,16,18)/t8-,12+/m1/s1. The van der Waals surface area contributed by atoms with E-state index in [1.54, 1.807) is 11.5 Å². The summed E-state index contributed by atoms with van der Waals surface area (Å²) in [7, 11) is 0. The first-order valence-electron chi connectivity index (χ1n) is 6.61. The van der Waals surface area contributed by atoms with Crippen molar-refractivity contribution in [1.82, 2.24) is 10.4 Å². The maximum absolute atomic E-state index is 14.3. The Morgan fingerprint density at radius 3 is 3.05 bits per heavy atom. The molecule has 0 aliphatic carbocycles. The Bertz CT molecular complexity index is 532. The van der Waals surface area contributed by atoms with Crippen molar-refractivity contribution in [3.05, 3.63) is 34.6 Å². The van der Waals surface area contributed by atoms with E-state index < -0.39 is 5.91 Å². The molecular weight excluding hydrogens is 247 g/mol. The Hall–Kier alpha value is -1.46. The normalized spacial score (nSPS) is 25.8. The van der Waals surface area contributed by atoms with Gasteiger partial charge in [-0.05, 0) is 36.5 Å². The quantitative estimate of drug-likeness (QED) is 0.601. The van der Waals surface area contributed by atoms with Crippen LogP contribution in [0.3, 0.4) is 0 Å². The minimum absolute atomic E-state index is 0.144. The first-order chi connectivity index (χ1) is 9.10. The molecule has 102 valence electrons. The zero-order valence-corrected chi connectivity index (χ0v) is 10.8. The average molecular weight is 264 g/mol. The van der Waals surface area contributed by atoms with E-state index in [-0.39, 0.29) is 17.4 Å². The van der Waals surface area contributed by atoms with Crippen LogP contribution in [0.15, 0.2) is 12.1 Å². The maximum Gasteiger partial charge on any atom is 0.274 e. The molecule has 2 heterocycles. The third-order valence-corrected chi connectivity index (χ3v) is 4.19. The Kier molecular flexibility index (Phi) is 3.03. The van der Waals surface area contributed by atoms with E-state index in [4.69, 9.17) is 5.21 Å². The van der Waals surface area contributed by atoms with Gasteiger partial charge in [-0.2, -0.15) is 0 Å². The van der Waals surface area contributed by atoms with Crippen molar-refractivity contribution < 1.29 is 14.4 Å². The number of benzene rings is 1. The molecule has 0 aromatic heterocycles. The highest BCUT2D eigenvalue weighted by Gasteiger charge is 2.36. The van der Waals surface area contributed by atoms with Gasteiger partial charge in [0.1, 0.15) is 5.82 Å². The topological polar surface area (TPSA) is 52.6 Å². The second-order valence-corrected chi connectivity index (χ2v) is 5.57. The predicted octanol–water partition coefficient (Wildman–Crippen LogP) is 1.88. The first kappa shape index (κ1) is 12.6. The van der Waals surface area contributed by atoms with E-state index in [0.717, 1.165) is 37.1 Å². The lowest BCUT2D eigenvalue weighted by Gasteiger charge is -2.32. The summed E-state index contributed by atoms with van der Waals surface area (Å²) in [6, 6.07) is 3.06. The van der Waals surface area contributed by atoms with Crippen LogP contribution in [-0.4, -0.2) is 29.1 Å². The fourth-order valence-corrected chi connectivity index (χ4v) is 3.39. The summed E-state index contributed by atoms with van der Waals surface area (Å²) in [5.41, 5.74) is 3.37. The van der Waals surface area contributed by atoms with Crippen LogP contribution < -0.4 is 5.48 Å². The number of rotatable bonds is 1. The average Bonchev–Trinajstić information content (AvgIpc) is 2.77. The number of fused-ring (bicyclic) bond motifs is 3. The van der Waals surface area contributed by atoms with Crippen LogP contribution in [0.4, 0.5) is 4.39 Å². The number of nitrogens with zero attached hydrogens (tertiary/aromatic N) is 1. The molecule has 0 spiro atoms. The molecule has 3 rings (SSSR count). The molecule has 1 saturated heterocycles. The van der Waals surface area contributed by atoms with Gasteiger partial charge in [-0.3, -0.25) is 14.9 Å². The SMILES string of the molecule is C[C@@H]1C[C@H]2c3c(F)cc(C(=O)NO)cc3CCN2C1. The number of hydroxylamine groups is 1. The summed E-state index contributed by atoms with van der Waals surface area (Å²) in [4.78, 5) is 13.7. The lowest BCUT2D eigenvalue weighted by molar-refractivity contribution is 0.0705. The zero-order valence-electron chi connectivity index (χ0n) is 10.8.